The summed E-state index contributed by atoms with van der Waals surface area (Å²) < 4.78 is 10.7. The Morgan fingerprint density at radius 1 is 1.53 bits per heavy atom. The monoisotopic (exact) mass is 267 g/mol. The van der Waals surface area contributed by atoms with E-state index in [0.29, 0.717) is 44.6 Å². The van der Waals surface area contributed by atoms with E-state index in [-0.39, 0.29) is 0 Å². The van der Waals surface area contributed by atoms with Gasteiger partial charge in [-0.15, -0.1) is 0 Å². The maximum Gasteiger partial charge on any atom is 0.226 e. The van der Waals surface area contributed by atoms with Crippen molar-refractivity contribution in [2.24, 2.45) is 0 Å². The smallest absolute Gasteiger partial charge is 0.226 e. The SMILES string of the molecule is CCCOc1cc(C)nc(NCC2(O)CCOC2)n1. The van der Waals surface area contributed by atoms with Crippen molar-refractivity contribution in [2.75, 3.05) is 31.7 Å². The van der Waals surface area contributed by atoms with Gasteiger partial charge in [-0.1, -0.05) is 6.92 Å². The Labute approximate surface area is 113 Å². The predicted octanol–water partition coefficient (Wildman–Crippen LogP) is 1.14. The molecule has 0 amide bonds. The molecule has 1 aromatic rings. The first-order valence-electron chi connectivity index (χ1n) is 6.64. The lowest BCUT2D eigenvalue weighted by molar-refractivity contribution is 0.0380. The number of nitrogens with one attached hydrogen (secondary N) is 1. The first-order valence-corrected chi connectivity index (χ1v) is 6.64. The summed E-state index contributed by atoms with van der Waals surface area (Å²) in [6, 6.07) is 1.80. The van der Waals surface area contributed by atoms with Crippen molar-refractivity contribution in [3.8, 4) is 5.88 Å². The molecule has 0 radical (unpaired) electrons. The van der Waals surface area contributed by atoms with E-state index in [1.807, 2.05) is 13.8 Å². The number of aryl methyl sites for hydroxylation is 1. The third kappa shape index (κ3) is 4.04. The molecular formula is C13H21N3O3. The highest BCUT2D eigenvalue weighted by molar-refractivity contribution is 5.31. The van der Waals surface area contributed by atoms with Crippen LogP contribution in [0.3, 0.4) is 0 Å². The molecule has 0 aromatic carbocycles. The van der Waals surface area contributed by atoms with Crippen LogP contribution in [0.15, 0.2) is 6.07 Å². The van der Waals surface area contributed by atoms with E-state index in [1.165, 1.54) is 0 Å². The quantitative estimate of drug-likeness (QED) is 0.805. The molecule has 1 aliphatic rings. The van der Waals surface area contributed by atoms with Gasteiger partial charge in [0.05, 0.1) is 13.2 Å². The van der Waals surface area contributed by atoms with Crippen molar-refractivity contribution in [3.63, 3.8) is 0 Å². The van der Waals surface area contributed by atoms with Crippen LogP contribution in [-0.2, 0) is 4.74 Å². The summed E-state index contributed by atoms with van der Waals surface area (Å²) in [6.07, 6.45) is 1.56. The van der Waals surface area contributed by atoms with E-state index in [9.17, 15) is 5.11 Å². The Hall–Kier alpha value is -1.40. The second-order valence-corrected chi connectivity index (χ2v) is 4.90. The van der Waals surface area contributed by atoms with Crippen molar-refractivity contribution in [3.05, 3.63) is 11.8 Å². The number of aliphatic hydroxyl groups is 1. The van der Waals surface area contributed by atoms with E-state index in [2.05, 4.69) is 15.3 Å². The molecule has 1 atom stereocenters. The van der Waals surface area contributed by atoms with Crippen LogP contribution in [0.25, 0.3) is 0 Å². The number of aromatic nitrogens is 2. The van der Waals surface area contributed by atoms with E-state index < -0.39 is 5.60 Å². The Bertz CT molecular complexity index is 420. The average Bonchev–Trinajstić information content (AvgIpc) is 2.81. The number of nitrogens with zero attached hydrogens (tertiary/aromatic N) is 2. The first-order chi connectivity index (χ1) is 9.11. The van der Waals surface area contributed by atoms with Crippen LogP contribution < -0.4 is 10.1 Å². The van der Waals surface area contributed by atoms with E-state index in [1.54, 1.807) is 6.07 Å². The fourth-order valence-electron chi connectivity index (χ4n) is 1.88. The molecule has 2 heterocycles. The fraction of sp³-hybridized carbons (Fsp3) is 0.692. The summed E-state index contributed by atoms with van der Waals surface area (Å²) in [5.41, 5.74) is 0.00985. The number of anilines is 1. The van der Waals surface area contributed by atoms with Crippen molar-refractivity contribution < 1.29 is 14.6 Å². The predicted molar refractivity (Wildman–Crippen MR) is 71.4 cm³/mol. The van der Waals surface area contributed by atoms with Crippen molar-refractivity contribution in [1.29, 1.82) is 0 Å². The molecule has 19 heavy (non-hydrogen) atoms. The third-order valence-electron chi connectivity index (χ3n) is 2.94. The molecule has 2 N–H and O–H groups in total. The highest BCUT2D eigenvalue weighted by Gasteiger charge is 2.32. The molecule has 1 saturated heterocycles. The van der Waals surface area contributed by atoms with Gasteiger partial charge in [0, 0.05) is 31.3 Å². The first kappa shape index (κ1) is 14.0. The van der Waals surface area contributed by atoms with Crippen molar-refractivity contribution in [1.82, 2.24) is 9.97 Å². The van der Waals surface area contributed by atoms with E-state index in [0.717, 1.165) is 12.1 Å². The zero-order valence-electron chi connectivity index (χ0n) is 11.5. The Balaban J connectivity index is 1.97. The topological polar surface area (TPSA) is 76.5 Å². The van der Waals surface area contributed by atoms with Gasteiger partial charge in [0.25, 0.3) is 0 Å². The number of ether oxygens (including phenoxy) is 2. The molecular weight excluding hydrogens is 246 g/mol. The lowest BCUT2D eigenvalue weighted by atomic mass is 10.0. The van der Waals surface area contributed by atoms with Gasteiger partial charge in [-0.3, -0.25) is 0 Å². The van der Waals surface area contributed by atoms with Gasteiger partial charge in [0.2, 0.25) is 11.8 Å². The molecule has 2 rings (SSSR count). The largest absolute Gasteiger partial charge is 0.478 e. The van der Waals surface area contributed by atoms with Crippen LogP contribution in [0.1, 0.15) is 25.5 Å². The number of rotatable bonds is 6. The number of hydrogen-bond donors (Lipinski definition) is 2. The van der Waals surface area contributed by atoms with Crippen LogP contribution >= 0.6 is 0 Å². The van der Waals surface area contributed by atoms with Crippen LogP contribution in [0.4, 0.5) is 5.95 Å². The minimum atomic E-state index is -0.822. The molecule has 1 fully saturated rings. The van der Waals surface area contributed by atoms with Crippen molar-refractivity contribution >= 4 is 5.95 Å². The van der Waals surface area contributed by atoms with Gasteiger partial charge in [0.1, 0.15) is 5.60 Å². The zero-order valence-corrected chi connectivity index (χ0v) is 11.5. The summed E-state index contributed by atoms with van der Waals surface area (Å²) in [6.45, 7) is 5.89. The summed E-state index contributed by atoms with van der Waals surface area (Å²) in [7, 11) is 0. The minimum absolute atomic E-state index is 0.352. The second-order valence-electron chi connectivity index (χ2n) is 4.90. The Morgan fingerprint density at radius 2 is 2.37 bits per heavy atom. The molecule has 0 aliphatic carbocycles. The van der Waals surface area contributed by atoms with Gasteiger partial charge < -0.3 is 19.9 Å². The van der Waals surface area contributed by atoms with Crippen LogP contribution in [0.2, 0.25) is 0 Å². The van der Waals surface area contributed by atoms with Crippen LogP contribution in [0, 0.1) is 6.92 Å². The van der Waals surface area contributed by atoms with Crippen LogP contribution in [-0.4, -0.2) is 47.0 Å². The lowest BCUT2D eigenvalue weighted by Crippen LogP contribution is -2.37. The molecule has 0 saturated carbocycles. The number of hydrogen-bond acceptors (Lipinski definition) is 6. The van der Waals surface area contributed by atoms with E-state index >= 15 is 0 Å². The molecule has 0 spiro atoms. The van der Waals surface area contributed by atoms with Gasteiger partial charge in [-0.25, -0.2) is 4.98 Å². The van der Waals surface area contributed by atoms with Gasteiger partial charge in [0.15, 0.2) is 0 Å². The van der Waals surface area contributed by atoms with Gasteiger partial charge in [-0.2, -0.15) is 4.98 Å². The average molecular weight is 267 g/mol. The maximum atomic E-state index is 10.2. The van der Waals surface area contributed by atoms with E-state index in [4.69, 9.17) is 9.47 Å². The molecule has 1 unspecified atom stereocenters. The van der Waals surface area contributed by atoms with Crippen molar-refractivity contribution in [2.45, 2.75) is 32.3 Å². The van der Waals surface area contributed by atoms with Crippen LogP contribution in [0.5, 0.6) is 5.88 Å². The summed E-state index contributed by atoms with van der Waals surface area (Å²) in [5.74, 6) is 1.04. The summed E-state index contributed by atoms with van der Waals surface area (Å²) in [4.78, 5) is 8.55. The molecule has 1 aromatic heterocycles. The zero-order chi connectivity index (χ0) is 13.7. The highest BCUT2D eigenvalue weighted by atomic mass is 16.5. The third-order valence-corrected chi connectivity index (χ3v) is 2.94. The molecule has 0 bridgehead atoms. The normalized spacial score (nSPS) is 22.5. The second kappa shape index (κ2) is 6.16. The summed E-state index contributed by atoms with van der Waals surface area (Å²) >= 11 is 0. The highest BCUT2D eigenvalue weighted by Crippen LogP contribution is 2.19. The maximum absolute atomic E-state index is 10.2. The lowest BCUT2D eigenvalue weighted by Gasteiger charge is -2.20. The molecule has 1 aliphatic heterocycles. The Morgan fingerprint density at radius 3 is 3.05 bits per heavy atom. The molecule has 6 nitrogen and oxygen atoms in total. The van der Waals surface area contributed by atoms with Gasteiger partial charge >= 0.3 is 0 Å². The standard InChI is InChI=1S/C13H21N3O3/c1-3-5-19-11-7-10(2)15-12(16-11)14-8-13(17)4-6-18-9-13/h7,17H,3-6,8-9H2,1-2H3,(H,14,15,16). The molecule has 6 heteroatoms. The minimum Gasteiger partial charge on any atom is -0.478 e. The molecule has 106 valence electrons. The van der Waals surface area contributed by atoms with Gasteiger partial charge in [-0.05, 0) is 13.3 Å². The summed E-state index contributed by atoms with van der Waals surface area (Å²) in [5, 5.41) is 13.2. The fourth-order valence-corrected chi connectivity index (χ4v) is 1.88. The Kier molecular flexibility index (Phi) is 4.55.